The van der Waals surface area contributed by atoms with E-state index in [-0.39, 0.29) is 11.6 Å². The smallest absolute Gasteiger partial charge is 0.274 e. The van der Waals surface area contributed by atoms with E-state index in [0.717, 1.165) is 35.3 Å². The number of rotatable bonds is 8. The number of benzene rings is 1. The van der Waals surface area contributed by atoms with Gasteiger partial charge in [-0.25, -0.2) is 14.9 Å². The average Bonchev–Trinajstić information content (AvgIpc) is 3.27. The zero-order valence-corrected chi connectivity index (χ0v) is 19.6. The van der Waals surface area contributed by atoms with Crippen molar-refractivity contribution in [3.63, 3.8) is 0 Å². The lowest BCUT2D eigenvalue weighted by molar-refractivity contribution is -0.115. The van der Waals surface area contributed by atoms with E-state index in [9.17, 15) is 9.59 Å². The van der Waals surface area contributed by atoms with Crippen molar-refractivity contribution < 1.29 is 4.79 Å². The molecule has 2 aromatic heterocycles. The fraction of sp³-hybridized carbons (Fsp3) is 0.429. The third-order valence-electron chi connectivity index (χ3n) is 4.71. The molecular weight excluding hydrogens is 418 g/mol. The first kappa shape index (κ1) is 22.3. The minimum atomic E-state index is -0.182. The molecule has 0 radical (unpaired) electrons. The van der Waals surface area contributed by atoms with Crippen LogP contribution in [0.2, 0.25) is 0 Å². The lowest BCUT2D eigenvalue weighted by Crippen LogP contribution is -2.24. The van der Waals surface area contributed by atoms with E-state index in [1.807, 2.05) is 19.2 Å². The van der Waals surface area contributed by atoms with Gasteiger partial charge in [-0.1, -0.05) is 42.8 Å². The van der Waals surface area contributed by atoms with Gasteiger partial charge in [-0.05, 0) is 38.3 Å². The summed E-state index contributed by atoms with van der Waals surface area (Å²) in [7, 11) is 0. The maximum atomic E-state index is 12.5. The van der Waals surface area contributed by atoms with Crippen LogP contribution >= 0.6 is 23.1 Å². The van der Waals surface area contributed by atoms with Gasteiger partial charge in [0, 0.05) is 24.6 Å². The molecule has 0 aliphatic rings. The number of nitrogens with one attached hydrogen (secondary N) is 1. The summed E-state index contributed by atoms with van der Waals surface area (Å²) >= 11 is 2.92. The molecule has 0 aliphatic heterocycles. The topological polar surface area (TPSA) is 83.9 Å². The lowest BCUT2D eigenvalue weighted by atomic mass is 10.0. The SMILES string of the molecule is CCCCn1c(SCc2csc(N(C(C)=O)c3c(C)cc(C)cc3C)n2)n[nH]c1=O. The molecule has 1 N–H and O–H groups in total. The van der Waals surface area contributed by atoms with Crippen LogP contribution in [0.5, 0.6) is 0 Å². The highest BCUT2D eigenvalue weighted by Crippen LogP contribution is 2.35. The molecule has 0 aliphatic carbocycles. The zero-order valence-electron chi connectivity index (χ0n) is 18.0. The summed E-state index contributed by atoms with van der Waals surface area (Å²) in [5.74, 6) is 0.504. The Bertz CT molecular complexity index is 1080. The molecule has 3 rings (SSSR count). The number of thiazole rings is 1. The summed E-state index contributed by atoms with van der Waals surface area (Å²) in [6.07, 6.45) is 1.94. The monoisotopic (exact) mass is 445 g/mol. The molecule has 3 aromatic rings. The molecular formula is C21H27N5O2S2. The number of carbonyl (C=O) groups excluding carboxylic acids is 1. The van der Waals surface area contributed by atoms with E-state index in [1.54, 1.807) is 16.4 Å². The molecule has 160 valence electrons. The fourth-order valence-electron chi connectivity index (χ4n) is 3.44. The molecule has 1 aromatic carbocycles. The predicted molar refractivity (Wildman–Crippen MR) is 123 cm³/mol. The molecule has 0 saturated carbocycles. The van der Waals surface area contributed by atoms with Crippen molar-refractivity contribution in [3.8, 4) is 0 Å². The molecule has 30 heavy (non-hydrogen) atoms. The normalized spacial score (nSPS) is 11.1. The maximum absolute atomic E-state index is 12.5. The third kappa shape index (κ3) is 4.84. The summed E-state index contributed by atoms with van der Waals surface area (Å²) in [5.41, 5.74) is 4.82. The Morgan fingerprint density at radius 1 is 1.27 bits per heavy atom. The molecule has 2 heterocycles. The van der Waals surface area contributed by atoms with E-state index in [4.69, 9.17) is 4.98 Å². The number of H-pyrrole nitrogens is 1. The van der Waals surface area contributed by atoms with Gasteiger partial charge in [-0.3, -0.25) is 14.3 Å². The van der Waals surface area contributed by atoms with Crippen molar-refractivity contribution in [1.29, 1.82) is 0 Å². The highest BCUT2D eigenvalue weighted by molar-refractivity contribution is 7.98. The summed E-state index contributed by atoms with van der Waals surface area (Å²) < 4.78 is 1.67. The minimum Gasteiger partial charge on any atom is -0.274 e. The van der Waals surface area contributed by atoms with Crippen molar-refractivity contribution in [3.05, 3.63) is 50.4 Å². The fourth-order valence-corrected chi connectivity index (χ4v) is 5.29. The number of unbranched alkanes of at least 4 members (excludes halogenated alkanes) is 1. The molecule has 0 bridgehead atoms. The van der Waals surface area contributed by atoms with Crippen LogP contribution in [-0.2, 0) is 17.1 Å². The number of nitrogens with zero attached hydrogens (tertiary/aromatic N) is 4. The number of aryl methyl sites for hydroxylation is 3. The molecule has 0 spiro atoms. The van der Waals surface area contributed by atoms with Gasteiger partial charge >= 0.3 is 5.69 Å². The van der Waals surface area contributed by atoms with E-state index in [1.165, 1.54) is 28.7 Å². The van der Waals surface area contributed by atoms with E-state index >= 15 is 0 Å². The first-order valence-corrected chi connectivity index (χ1v) is 11.8. The Labute approximate surface area is 184 Å². The number of amides is 1. The van der Waals surface area contributed by atoms with E-state index in [2.05, 4.69) is 36.2 Å². The second-order valence-electron chi connectivity index (χ2n) is 7.33. The van der Waals surface area contributed by atoms with Crippen LogP contribution in [0, 0.1) is 20.8 Å². The van der Waals surface area contributed by atoms with Gasteiger partial charge in [-0.15, -0.1) is 16.4 Å². The lowest BCUT2D eigenvalue weighted by Gasteiger charge is -2.23. The van der Waals surface area contributed by atoms with Crippen molar-refractivity contribution >= 4 is 39.8 Å². The molecule has 0 fully saturated rings. The van der Waals surface area contributed by atoms with Gasteiger partial charge in [0.15, 0.2) is 10.3 Å². The van der Waals surface area contributed by atoms with Gasteiger partial charge in [0.1, 0.15) is 0 Å². The van der Waals surface area contributed by atoms with Gasteiger partial charge in [0.2, 0.25) is 5.91 Å². The Balaban J connectivity index is 1.82. The Morgan fingerprint density at radius 3 is 2.60 bits per heavy atom. The molecule has 0 saturated heterocycles. The van der Waals surface area contributed by atoms with E-state index in [0.29, 0.717) is 22.6 Å². The number of aromatic amines is 1. The number of anilines is 2. The van der Waals surface area contributed by atoms with Crippen LogP contribution in [-0.4, -0.2) is 25.7 Å². The van der Waals surface area contributed by atoms with Gasteiger partial charge in [0.05, 0.1) is 11.4 Å². The maximum Gasteiger partial charge on any atom is 0.343 e. The van der Waals surface area contributed by atoms with Gasteiger partial charge < -0.3 is 0 Å². The first-order chi connectivity index (χ1) is 14.3. The average molecular weight is 446 g/mol. The quantitative estimate of drug-likeness (QED) is 0.507. The van der Waals surface area contributed by atoms with Crippen molar-refractivity contribution in [2.45, 2.75) is 64.9 Å². The minimum absolute atomic E-state index is 0.0701. The third-order valence-corrected chi connectivity index (χ3v) is 6.60. The highest BCUT2D eigenvalue weighted by Gasteiger charge is 2.22. The van der Waals surface area contributed by atoms with Crippen LogP contribution in [0.3, 0.4) is 0 Å². The number of thioether (sulfide) groups is 1. The van der Waals surface area contributed by atoms with Crippen LogP contribution in [0.1, 0.15) is 49.1 Å². The largest absolute Gasteiger partial charge is 0.343 e. The zero-order chi connectivity index (χ0) is 21.8. The molecule has 9 heteroatoms. The first-order valence-electron chi connectivity index (χ1n) is 9.92. The molecule has 0 unspecified atom stereocenters. The van der Waals surface area contributed by atoms with Gasteiger partial charge in [-0.2, -0.15) is 0 Å². The summed E-state index contributed by atoms with van der Waals surface area (Å²) in [5, 5.41) is 9.93. The Hall–Kier alpha value is -2.39. The van der Waals surface area contributed by atoms with Crippen molar-refractivity contribution in [1.82, 2.24) is 19.7 Å². The molecule has 0 atom stereocenters. The number of carbonyl (C=O) groups is 1. The van der Waals surface area contributed by atoms with Gasteiger partial charge in [0.25, 0.3) is 0 Å². The van der Waals surface area contributed by atoms with Crippen LogP contribution < -0.4 is 10.6 Å². The van der Waals surface area contributed by atoms with Crippen molar-refractivity contribution in [2.75, 3.05) is 4.90 Å². The summed E-state index contributed by atoms with van der Waals surface area (Å²) in [4.78, 5) is 30.8. The molecule has 7 nitrogen and oxygen atoms in total. The summed E-state index contributed by atoms with van der Waals surface area (Å²) in [6, 6.07) is 4.16. The van der Waals surface area contributed by atoms with Crippen LogP contribution in [0.4, 0.5) is 10.8 Å². The predicted octanol–water partition coefficient (Wildman–Crippen LogP) is 4.73. The Kier molecular flexibility index (Phi) is 7.14. The number of aromatic nitrogens is 4. The van der Waals surface area contributed by atoms with E-state index < -0.39 is 0 Å². The second-order valence-corrected chi connectivity index (χ2v) is 9.11. The standard InChI is InChI=1S/C21H27N5O2S2/c1-6-7-8-25-19(28)23-24-21(25)30-12-17-11-29-20(22-17)26(16(5)27)18-14(3)9-13(2)10-15(18)4/h9-11H,6-8,12H2,1-5H3,(H,23,28). The van der Waals surface area contributed by atoms with Crippen molar-refractivity contribution in [2.24, 2.45) is 0 Å². The molecule has 1 amide bonds. The number of hydrogen-bond acceptors (Lipinski definition) is 6. The van der Waals surface area contributed by atoms with Crippen LogP contribution in [0.25, 0.3) is 0 Å². The number of hydrogen-bond donors (Lipinski definition) is 1. The second kappa shape index (κ2) is 9.61. The van der Waals surface area contributed by atoms with Crippen LogP contribution in [0.15, 0.2) is 27.5 Å². The Morgan fingerprint density at radius 2 is 1.97 bits per heavy atom. The highest BCUT2D eigenvalue weighted by atomic mass is 32.2. The summed E-state index contributed by atoms with van der Waals surface area (Å²) in [6.45, 7) is 10.4.